The number of hydrogen-bond acceptors (Lipinski definition) is 4. The lowest BCUT2D eigenvalue weighted by Crippen LogP contribution is -2.60. The molecule has 9 atom stereocenters. The molecule has 2 heterocycles. The van der Waals surface area contributed by atoms with Gasteiger partial charge in [-0.15, -0.1) is 0 Å². The quantitative estimate of drug-likeness (QED) is 0.487. The van der Waals surface area contributed by atoms with Gasteiger partial charge in [-0.3, -0.25) is 9.59 Å². The second-order valence-corrected chi connectivity index (χ2v) is 10.7. The van der Waals surface area contributed by atoms with Crippen LogP contribution in [0.3, 0.4) is 0 Å². The molecule has 2 aliphatic heterocycles. The first-order valence-corrected chi connectivity index (χ1v) is 10.7. The van der Waals surface area contributed by atoms with E-state index < -0.39 is 0 Å². The Hall–Kier alpha value is -1.42. The number of ether oxygens (including phenoxy) is 2. The third-order valence-electron chi connectivity index (χ3n) is 10.0. The fraction of sp³-hybridized carbons (Fsp3) is 0.739. The first-order chi connectivity index (χ1) is 12.8. The summed E-state index contributed by atoms with van der Waals surface area (Å²) in [4.78, 5) is 24.1. The molecular formula is C23H26O4. The van der Waals surface area contributed by atoms with Gasteiger partial charge in [0.1, 0.15) is 11.2 Å². The Labute approximate surface area is 159 Å². The summed E-state index contributed by atoms with van der Waals surface area (Å²) in [6.07, 6.45) is 11.9. The lowest BCUT2D eigenvalue weighted by molar-refractivity contribution is -0.164. The standard InChI is InChI=1S/C23H26O4/c1-20-6-3-12(24)9-16(20)13-10-14(13)19-15-4-7-22(8-5-18(25)27-22)21(15,2)11-17-23(19,20)26-17/h3,6,9,13-15,17,19H,4-5,7-8,10-11H2,1-2H3/t13-,14+,15+,17+,19+,20+,21?,22-,23?/m1/s1. The van der Waals surface area contributed by atoms with Crippen LogP contribution in [0.15, 0.2) is 23.8 Å². The zero-order valence-electron chi connectivity index (χ0n) is 16.0. The van der Waals surface area contributed by atoms with Crippen molar-refractivity contribution in [1.82, 2.24) is 0 Å². The molecule has 27 heavy (non-hydrogen) atoms. The zero-order chi connectivity index (χ0) is 18.4. The van der Waals surface area contributed by atoms with Crippen molar-refractivity contribution in [2.75, 3.05) is 0 Å². The molecule has 4 nitrogen and oxygen atoms in total. The van der Waals surface area contributed by atoms with E-state index in [0.717, 1.165) is 25.7 Å². The highest BCUT2D eigenvalue weighted by atomic mass is 16.6. The summed E-state index contributed by atoms with van der Waals surface area (Å²) in [5.41, 5.74) is 0.839. The van der Waals surface area contributed by atoms with Crippen LogP contribution in [0.25, 0.3) is 0 Å². The largest absolute Gasteiger partial charge is 0.458 e. The number of epoxide rings is 1. The van der Waals surface area contributed by atoms with Crippen molar-refractivity contribution in [3.8, 4) is 0 Å². The summed E-state index contributed by atoms with van der Waals surface area (Å²) >= 11 is 0. The van der Waals surface area contributed by atoms with E-state index in [1.165, 1.54) is 12.0 Å². The van der Waals surface area contributed by atoms with Gasteiger partial charge in [-0.25, -0.2) is 0 Å². The van der Waals surface area contributed by atoms with Crippen molar-refractivity contribution in [2.24, 2.45) is 34.5 Å². The summed E-state index contributed by atoms with van der Waals surface area (Å²) in [5, 5.41) is 0. The molecule has 0 aromatic rings. The Bertz CT molecular complexity index is 887. The number of ketones is 1. The van der Waals surface area contributed by atoms with Gasteiger partial charge in [0.05, 0.1) is 6.10 Å². The second-order valence-electron chi connectivity index (χ2n) is 10.7. The molecule has 2 unspecified atom stereocenters. The van der Waals surface area contributed by atoms with Gasteiger partial charge >= 0.3 is 5.97 Å². The molecular weight excluding hydrogens is 340 g/mol. The van der Waals surface area contributed by atoms with Crippen molar-refractivity contribution in [1.29, 1.82) is 0 Å². The van der Waals surface area contributed by atoms with Gasteiger partial charge < -0.3 is 9.47 Å². The minimum Gasteiger partial charge on any atom is -0.458 e. The summed E-state index contributed by atoms with van der Waals surface area (Å²) in [5.74, 6) is 2.41. The first-order valence-electron chi connectivity index (χ1n) is 10.7. The van der Waals surface area contributed by atoms with Crippen LogP contribution in [0.2, 0.25) is 0 Å². The fourth-order valence-electron chi connectivity index (χ4n) is 8.75. The van der Waals surface area contributed by atoms with Gasteiger partial charge in [0.25, 0.3) is 0 Å². The van der Waals surface area contributed by atoms with Crippen LogP contribution in [-0.4, -0.2) is 29.1 Å². The Morgan fingerprint density at radius 1 is 1.19 bits per heavy atom. The topological polar surface area (TPSA) is 55.9 Å². The maximum Gasteiger partial charge on any atom is 0.306 e. The number of carbonyl (C=O) groups is 2. The highest BCUT2D eigenvalue weighted by molar-refractivity contribution is 6.01. The van der Waals surface area contributed by atoms with Crippen molar-refractivity contribution in [3.05, 3.63) is 23.8 Å². The van der Waals surface area contributed by atoms with E-state index in [9.17, 15) is 9.59 Å². The third-order valence-corrected chi connectivity index (χ3v) is 10.0. The van der Waals surface area contributed by atoms with E-state index in [0.29, 0.717) is 30.1 Å². The second kappa shape index (κ2) is 4.12. The van der Waals surface area contributed by atoms with Crippen LogP contribution in [0.1, 0.15) is 52.4 Å². The van der Waals surface area contributed by atoms with E-state index in [1.54, 1.807) is 6.08 Å². The Morgan fingerprint density at radius 3 is 2.81 bits per heavy atom. The maximum absolute atomic E-state index is 12.1. The monoisotopic (exact) mass is 366 g/mol. The Morgan fingerprint density at radius 2 is 2.04 bits per heavy atom. The molecule has 4 heteroatoms. The van der Waals surface area contributed by atoms with Crippen LogP contribution < -0.4 is 0 Å². The summed E-state index contributed by atoms with van der Waals surface area (Å²) in [6, 6.07) is 0. The van der Waals surface area contributed by atoms with E-state index in [2.05, 4.69) is 19.9 Å². The van der Waals surface area contributed by atoms with E-state index in [-0.39, 0.29) is 39.9 Å². The van der Waals surface area contributed by atoms with Crippen molar-refractivity contribution in [3.63, 3.8) is 0 Å². The highest BCUT2D eigenvalue weighted by Crippen LogP contribution is 2.82. The van der Waals surface area contributed by atoms with Gasteiger partial charge in [-0.05, 0) is 74.9 Å². The molecule has 2 saturated heterocycles. The molecule has 0 N–H and O–H groups in total. The summed E-state index contributed by atoms with van der Waals surface area (Å²) in [7, 11) is 0. The molecule has 2 spiro atoms. The Kier molecular flexibility index (Phi) is 2.37. The summed E-state index contributed by atoms with van der Waals surface area (Å²) < 4.78 is 12.7. The number of hydrogen-bond donors (Lipinski definition) is 0. The fourth-order valence-corrected chi connectivity index (χ4v) is 8.75. The highest BCUT2D eigenvalue weighted by Gasteiger charge is 2.85. The van der Waals surface area contributed by atoms with E-state index >= 15 is 0 Å². The predicted molar refractivity (Wildman–Crippen MR) is 96.5 cm³/mol. The smallest absolute Gasteiger partial charge is 0.306 e. The molecule has 142 valence electrons. The minimum absolute atomic E-state index is 0.00993. The number of fused-ring (bicyclic) bond motifs is 7. The average Bonchev–Trinajstić information content (AvgIpc) is 3.49. The molecule has 0 amide bonds. The number of allylic oxidation sites excluding steroid dienone is 2. The molecule has 0 radical (unpaired) electrons. The number of rotatable bonds is 0. The third kappa shape index (κ3) is 1.43. The van der Waals surface area contributed by atoms with Gasteiger partial charge in [-0.1, -0.05) is 18.6 Å². The van der Waals surface area contributed by atoms with E-state index in [1.807, 2.05) is 6.08 Å². The normalized spacial score (nSPS) is 61.4. The minimum atomic E-state index is -0.257. The van der Waals surface area contributed by atoms with Crippen molar-refractivity contribution >= 4 is 11.8 Å². The van der Waals surface area contributed by atoms with Crippen LogP contribution in [0, 0.1) is 34.5 Å². The van der Waals surface area contributed by atoms with Crippen LogP contribution in [0.5, 0.6) is 0 Å². The van der Waals surface area contributed by atoms with Gasteiger partial charge in [0, 0.05) is 17.3 Å². The Balaban J connectivity index is 1.37. The van der Waals surface area contributed by atoms with Gasteiger partial charge in [-0.2, -0.15) is 0 Å². The molecule has 0 aromatic carbocycles. The first kappa shape index (κ1) is 15.5. The maximum atomic E-state index is 12.1. The molecule has 5 aliphatic carbocycles. The average molecular weight is 366 g/mol. The molecule has 7 aliphatic rings. The lowest BCUT2D eigenvalue weighted by Gasteiger charge is -2.55. The van der Waals surface area contributed by atoms with E-state index in [4.69, 9.17) is 9.47 Å². The molecule has 6 fully saturated rings. The molecule has 0 aromatic heterocycles. The van der Waals surface area contributed by atoms with Crippen LogP contribution in [-0.2, 0) is 19.1 Å². The molecule has 7 rings (SSSR count). The van der Waals surface area contributed by atoms with Gasteiger partial charge in [0.15, 0.2) is 5.78 Å². The van der Waals surface area contributed by atoms with Crippen LogP contribution >= 0.6 is 0 Å². The van der Waals surface area contributed by atoms with Crippen molar-refractivity contribution < 1.29 is 19.1 Å². The van der Waals surface area contributed by atoms with Crippen LogP contribution in [0.4, 0.5) is 0 Å². The summed E-state index contributed by atoms with van der Waals surface area (Å²) in [6.45, 7) is 4.70. The number of esters is 1. The lowest BCUT2D eigenvalue weighted by atomic mass is 9.47. The number of carbonyl (C=O) groups excluding carboxylic acids is 2. The predicted octanol–water partition coefficient (Wildman–Crippen LogP) is 3.36. The molecule has 0 bridgehead atoms. The molecule has 4 saturated carbocycles. The van der Waals surface area contributed by atoms with Gasteiger partial charge in [0.2, 0.25) is 0 Å². The van der Waals surface area contributed by atoms with Crippen molar-refractivity contribution in [2.45, 2.75) is 69.7 Å². The SMILES string of the molecule is CC12C[C@@H]3OC34[C@@H]([C@H]3C[C@H]3C3=CC(=O)C=C[C@@]34C)[C@@H]1CC[C@@]21CCC(=O)O1. The zero-order valence-corrected chi connectivity index (χ0v) is 16.0.